The van der Waals surface area contributed by atoms with Crippen LogP contribution in [0.25, 0.3) is 11.1 Å². The summed E-state index contributed by atoms with van der Waals surface area (Å²) in [6.45, 7) is 12.4. The third-order valence-electron chi connectivity index (χ3n) is 4.88. The number of thiophene rings is 2. The minimum Gasteiger partial charge on any atom is -0.488 e. The molecule has 2 nitrogen and oxygen atoms in total. The molecular weight excluding hydrogens is 418 g/mol. The number of ether oxygens (including phenoxy) is 1. The second-order valence-corrected chi connectivity index (χ2v) is 10.5. The van der Waals surface area contributed by atoms with Gasteiger partial charge in [-0.3, -0.25) is 4.90 Å². The van der Waals surface area contributed by atoms with Crippen LogP contribution in [0.5, 0.6) is 5.75 Å². The number of nitrogens with zero attached hydrogens (tertiary/aromatic N) is 1. The minimum atomic E-state index is 0.0967. The molecule has 4 heteroatoms. The van der Waals surface area contributed by atoms with Crippen molar-refractivity contribution in [2.24, 2.45) is 5.41 Å². The van der Waals surface area contributed by atoms with E-state index in [4.69, 9.17) is 4.74 Å². The van der Waals surface area contributed by atoms with Crippen molar-refractivity contribution in [2.75, 3.05) is 13.1 Å². The molecule has 0 amide bonds. The van der Waals surface area contributed by atoms with Gasteiger partial charge in [0.25, 0.3) is 0 Å². The first-order valence-electron chi connectivity index (χ1n) is 11.0. The zero-order valence-electron chi connectivity index (χ0n) is 19.1. The van der Waals surface area contributed by atoms with Crippen LogP contribution in [0.1, 0.15) is 51.0 Å². The van der Waals surface area contributed by atoms with Crippen LogP contribution in [-0.4, -0.2) is 18.0 Å². The Morgan fingerprint density at radius 2 is 1.94 bits per heavy atom. The van der Waals surface area contributed by atoms with Crippen LogP contribution in [0.2, 0.25) is 0 Å². The Morgan fingerprint density at radius 1 is 1.06 bits per heavy atom. The van der Waals surface area contributed by atoms with Crippen LogP contribution in [0, 0.1) is 17.3 Å². The van der Waals surface area contributed by atoms with Gasteiger partial charge < -0.3 is 4.74 Å². The lowest BCUT2D eigenvalue weighted by Crippen LogP contribution is -2.24. The molecule has 1 aromatic carbocycles. The highest BCUT2D eigenvalue weighted by molar-refractivity contribution is 7.10. The molecule has 0 spiro atoms. The van der Waals surface area contributed by atoms with Gasteiger partial charge in [0.05, 0.1) is 0 Å². The van der Waals surface area contributed by atoms with Gasteiger partial charge in [-0.1, -0.05) is 25.0 Å². The topological polar surface area (TPSA) is 12.5 Å². The van der Waals surface area contributed by atoms with Gasteiger partial charge in [-0.05, 0) is 97.4 Å². The largest absolute Gasteiger partial charge is 0.488 e. The van der Waals surface area contributed by atoms with Crippen molar-refractivity contribution in [3.8, 4) is 28.7 Å². The lowest BCUT2D eigenvalue weighted by molar-refractivity contribution is 0.275. The van der Waals surface area contributed by atoms with E-state index in [1.54, 1.807) is 22.7 Å². The molecule has 2 heterocycles. The van der Waals surface area contributed by atoms with E-state index in [-0.39, 0.29) is 5.41 Å². The smallest absolute Gasteiger partial charge is 0.122 e. The van der Waals surface area contributed by atoms with Crippen molar-refractivity contribution >= 4 is 22.7 Å². The number of benzene rings is 1. The maximum atomic E-state index is 6.10. The molecule has 31 heavy (non-hydrogen) atoms. The maximum Gasteiger partial charge on any atom is 0.122 e. The van der Waals surface area contributed by atoms with Gasteiger partial charge in [-0.25, -0.2) is 0 Å². The van der Waals surface area contributed by atoms with Gasteiger partial charge in [0.1, 0.15) is 12.4 Å². The van der Waals surface area contributed by atoms with Crippen molar-refractivity contribution in [2.45, 2.75) is 53.7 Å². The van der Waals surface area contributed by atoms with E-state index < -0.39 is 0 Å². The van der Waals surface area contributed by atoms with E-state index in [2.05, 4.69) is 97.0 Å². The van der Waals surface area contributed by atoms with E-state index in [1.165, 1.54) is 21.6 Å². The Morgan fingerprint density at radius 3 is 2.68 bits per heavy atom. The zero-order chi connectivity index (χ0) is 22.1. The molecule has 0 unspecified atom stereocenters. The van der Waals surface area contributed by atoms with Gasteiger partial charge in [-0.15, -0.1) is 17.3 Å². The number of unbranched alkanes of at least 4 members (excludes halogenated alkanes) is 1. The third kappa shape index (κ3) is 8.18. The van der Waals surface area contributed by atoms with E-state index in [9.17, 15) is 0 Å². The number of hydrogen-bond acceptors (Lipinski definition) is 4. The number of rotatable bonds is 10. The summed E-state index contributed by atoms with van der Waals surface area (Å²) in [5.41, 5.74) is 3.97. The molecule has 0 saturated heterocycles. The molecule has 164 valence electrons. The molecule has 3 aromatic rings. The summed E-state index contributed by atoms with van der Waals surface area (Å²) < 4.78 is 6.10. The van der Waals surface area contributed by atoms with Crippen LogP contribution in [0.15, 0.2) is 52.5 Å². The molecule has 0 radical (unpaired) electrons. The molecular formula is C27H33NOS2. The molecule has 0 bridgehead atoms. The molecule has 0 aliphatic carbocycles. The average molecular weight is 452 g/mol. The molecule has 0 fully saturated rings. The highest BCUT2D eigenvalue weighted by Crippen LogP contribution is 2.28. The highest BCUT2D eigenvalue weighted by atomic mass is 32.1. The first kappa shape index (κ1) is 23.6. The van der Waals surface area contributed by atoms with E-state index in [0.717, 1.165) is 38.2 Å². The summed E-state index contributed by atoms with van der Waals surface area (Å²) in [5, 5.41) is 6.52. The molecule has 2 aromatic heterocycles. The van der Waals surface area contributed by atoms with Crippen molar-refractivity contribution in [1.82, 2.24) is 4.90 Å². The van der Waals surface area contributed by atoms with Crippen LogP contribution >= 0.6 is 22.7 Å². The fraction of sp³-hybridized carbons (Fsp3) is 0.407. The summed E-state index contributed by atoms with van der Waals surface area (Å²) in [6.07, 6.45) is 2.07. The monoisotopic (exact) mass is 451 g/mol. The fourth-order valence-corrected chi connectivity index (χ4v) is 4.72. The van der Waals surface area contributed by atoms with Crippen molar-refractivity contribution < 1.29 is 4.74 Å². The first-order chi connectivity index (χ1) is 14.9. The van der Waals surface area contributed by atoms with Crippen LogP contribution in [-0.2, 0) is 13.2 Å². The Balaban J connectivity index is 1.49. The second-order valence-electron chi connectivity index (χ2n) is 8.77. The molecule has 0 saturated carbocycles. The standard InChI is InChI=1S/C27H33NOS2/c1-5-28(14-8-6-7-13-27(2,3)4)18-22-10-9-11-25(16-22)29-19-26-17-24(21-31-26)23-12-15-30-20-23/h9-12,15-17,20-21H,5-6,8,14,18-19H2,1-4H3. The Labute approximate surface area is 195 Å². The lowest BCUT2D eigenvalue weighted by atomic mass is 9.98. The minimum absolute atomic E-state index is 0.0967. The van der Waals surface area contributed by atoms with Gasteiger partial charge in [-0.2, -0.15) is 11.3 Å². The molecule has 0 aliphatic rings. The molecule has 0 N–H and O–H groups in total. The van der Waals surface area contributed by atoms with Gasteiger partial charge >= 0.3 is 0 Å². The Kier molecular flexibility index (Phi) is 8.78. The summed E-state index contributed by atoms with van der Waals surface area (Å²) in [5.74, 6) is 7.59. The quantitative estimate of drug-likeness (QED) is 0.231. The Hall–Kier alpha value is -2.06. The third-order valence-corrected chi connectivity index (χ3v) is 6.47. The maximum absolute atomic E-state index is 6.10. The number of hydrogen-bond donors (Lipinski definition) is 0. The summed E-state index contributed by atoms with van der Waals surface area (Å²) >= 11 is 3.49. The van der Waals surface area contributed by atoms with Gasteiger partial charge in [0.15, 0.2) is 0 Å². The van der Waals surface area contributed by atoms with Crippen molar-refractivity contribution in [3.05, 3.63) is 63.0 Å². The predicted octanol–water partition coefficient (Wildman–Crippen LogP) is 7.71. The summed E-state index contributed by atoms with van der Waals surface area (Å²) in [6, 6.07) is 12.9. The van der Waals surface area contributed by atoms with Crippen LogP contribution in [0.4, 0.5) is 0 Å². The molecule has 0 aliphatic heterocycles. The lowest BCUT2D eigenvalue weighted by Gasteiger charge is -2.20. The predicted molar refractivity (Wildman–Crippen MR) is 136 cm³/mol. The van der Waals surface area contributed by atoms with E-state index >= 15 is 0 Å². The first-order valence-corrected chi connectivity index (χ1v) is 12.8. The summed E-state index contributed by atoms with van der Waals surface area (Å²) in [7, 11) is 0. The van der Waals surface area contributed by atoms with Crippen LogP contribution < -0.4 is 4.74 Å². The normalized spacial score (nSPS) is 11.4. The molecule has 0 atom stereocenters. The fourth-order valence-electron chi connectivity index (χ4n) is 3.25. The SMILES string of the molecule is CCN(CCCC#CC(C)(C)C)Cc1cccc(OCc2cc(-c3ccsc3)cs2)c1. The van der Waals surface area contributed by atoms with Gasteiger partial charge in [0, 0.05) is 23.3 Å². The summed E-state index contributed by atoms with van der Waals surface area (Å²) in [4.78, 5) is 3.72. The van der Waals surface area contributed by atoms with Crippen LogP contribution in [0.3, 0.4) is 0 Å². The van der Waals surface area contributed by atoms with Crippen molar-refractivity contribution in [3.63, 3.8) is 0 Å². The van der Waals surface area contributed by atoms with Gasteiger partial charge in [0.2, 0.25) is 0 Å². The van der Waals surface area contributed by atoms with E-state index in [1.807, 2.05) is 0 Å². The van der Waals surface area contributed by atoms with Crippen molar-refractivity contribution in [1.29, 1.82) is 0 Å². The van der Waals surface area contributed by atoms with E-state index in [0.29, 0.717) is 6.61 Å². The second kappa shape index (κ2) is 11.5. The Bertz CT molecular complexity index is 986. The zero-order valence-corrected chi connectivity index (χ0v) is 20.7. The molecule has 3 rings (SSSR count). The highest BCUT2D eigenvalue weighted by Gasteiger charge is 2.07. The average Bonchev–Trinajstić information content (AvgIpc) is 3.42.